The molecule has 2 atom stereocenters. The summed E-state index contributed by atoms with van der Waals surface area (Å²) in [4.78, 5) is 0. The predicted octanol–water partition coefficient (Wildman–Crippen LogP) is 1.86. The Hall–Kier alpha value is 0.0500. The lowest BCUT2D eigenvalue weighted by Crippen LogP contribution is -2.09. The van der Waals surface area contributed by atoms with Crippen molar-refractivity contribution in [1.29, 1.82) is 0 Å². The van der Waals surface area contributed by atoms with E-state index in [0.29, 0.717) is 11.4 Å². The molecule has 0 fully saturated rings. The van der Waals surface area contributed by atoms with Crippen molar-refractivity contribution < 1.29 is 4.74 Å². The fraction of sp³-hybridized carbons (Fsp3) is 0.667. The van der Waals surface area contributed by atoms with Crippen LogP contribution >= 0.6 is 11.8 Å². The summed E-state index contributed by atoms with van der Waals surface area (Å²) in [6.07, 6.45) is 2.17. The fourth-order valence-corrected chi connectivity index (χ4v) is 1.67. The number of rotatable bonds is 1. The molecule has 0 radical (unpaired) electrons. The van der Waals surface area contributed by atoms with E-state index in [4.69, 9.17) is 4.74 Å². The Morgan fingerprint density at radius 3 is 2.62 bits per heavy atom. The number of ether oxygens (including phenoxy) is 1. The molecule has 0 aromatic rings. The van der Waals surface area contributed by atoms with Gasteiger partial charge < -0.3 is 4.74 Å². The standard InChI is InChI=1S/C6H10OS/c1-5-3-4-8-6(5)7-2/h3-6H,1-2H3. The normalized spacial score (nSPS) is 36.2. The van der Waals surface area contributed by atoms with E-state index in [9.17, 15) is 0 Å². The smallest absolute Gasteiger partial charge is 0.112 e. The maximum absolute atomic E-state index is 5.12. The van der Waals surface area contributed by atoms with Gasteiger partial charge in [0.15, 0.2) is 0 Å². The van der Waals surface area contributed by atoms with Gasteiger partial charge >= 0.3 is 0 Å². The van der Waals surface area contributed by atoms with Gasteiger partial charge in [-0.3, -0.25) is 0 Å². The Morgan fingerprint density at radius 2 is 2.38 bits per heavy atom. The van der Waals surface area contributed by atoms with Crippen molar-refractivity contribution >= 4 is 11.8 Å². The summed E-state index contributed by atoms with van der Waals surface area (Å²) in [6.45, 7) is 2.16. The van der Waals surface area contributed by atoms with Crippen LogP contribution in [0.15, 0.2) is 11.5 Å². The van der Waals surface area contributed by atoms with Crippen LogP contribution < -0.4 is 0 Å². The van der Waals surface area contributed by atoms with Crippen molar-refractivity contribution in [1.82, 2.24) is 0 Å². The first-order chi connectivity index (χ1) is 3.84. The minimum Gasteiger partial charge on any atom is -0.370 e. The molecule has 1 aliphatic rings. The SMILES string of the molecule is COC1SC=CC1C. The third kappa shape index (κ3) is 1.06. The minimum atomic E-state index is 0.370. The maximum atomic E-state index is 5.12. The predicted molar refractivity (Wildman–Crippen MR) is 36.7 cm³/mol. The van der Waals surface area contributed by atoms with Crippen LogP contribution in [-0.2, 0) is 4.74 Å². The Kier molecular flexibility index (Phi) is 1.97. The molecule has 46 valence electrons. The van der Waals surface area contributed by atoms with Crippen LogP contribution in [0.25, 0.3) is 0 Å². The van der Waals surface area contributed by atoms with E-state index in [0.717, 1.165) is 0 Å². The van der Waals surface area contributed by atoms with Gasteiger partial charge in [0.05, 0.1) is 0 Å². The van der Waals surface area contributed by atoms with Crippen molar-refractivity contribution in [3.63, 3.8) is 0 Å². The summed E-state index contributed by atoms with van der Waals surface area (Å²) in [5.41, 5.74) is 0.370. The largest absolute Gasteiger partial charge is 0.370 e. The number of thioether (sulfide) groups is 1. The zero-order valence-electron chi connectivity index (χ0n) is 5.13. The highest BCUT2D eigenvalue weighted by molar-refractivity contribution is 8.02. The summed E-state index contributed by atoms with van der Waals surface area (Å²) in [7, 11) is 1.75. The monoisotopic (exact) mass is 130 g/mol. The quantitative estimate of drug-likeness (QED) is 0.535. The molecule has 0 aromatic carbocycles. The Labute approximate surface area is 54.1 Å². The molecule has 0 N–H and O–H groups in total. The molecule has 2 heteroatoms. The van der Waals surface area contributed by atoms with Gasteiger partial charge in [-0.05, 0) is 5.41 Å². The summed E-state index contributed by atoms with van der Waals surface area (Å²) >= 11 is 1.75. The molecule has 0 spiro atoms. The topological polar surface area (TPSA) is 9.23 Å². The van der Waals surface area contributed by atoms with Crippen molar-refractivity contribution in [3.05, 3.63) is 11.5 Å². The highest BCUT2D eigenvalue weighted by Crippen LogP contribution is 2.29. The van der Waals surface area contributed by atoms with Gasteiger partial charge in [0, 0.05) is 13.0 Å². The summed E-state index contributed by atoms with van der Waals surface area (Å²) in [5, 5.41) is 2.10. The first kappa shape index (κ1) is 6.17. The lowest BCUT2D eigenvalue weighted by molar-refractivity contribution is 0.149. The molecule has 1 aliphatic heterocycles. The number of hydrogen-bond donors (Lipinski definition) is 0. The van der Waals surface area contributed by atoms with Crippen molar-refractivity contribution in [2.45, 2.75) is 12.4 Å². The van der Waals surface area contributed by atoms with Gasteiger partial charge in [-0.15, -0.1) is 11.8 Å². The first-order valence-corrected chi connectivity index (χ1v) is 3.64. The van der Waals surface area contributed by atoms with Gasteiger partial charge in [-0.2, -0.15) is 0 Å². The molecule has 0 bridgehead atoms. The second-order valence-electron chi connectivity index (χ2n) is 1.93. The molecule has 0 aliphatic carbocycles. The molecule has 1 rings (SSSR count). The lowest BCUT2D eigenvalue weighted by atomic mass is 10.2. The summed E-state index contributed by atoms with van der Waals surface area (Å²) in [5.74, 6) is 0.588. The van der Waals surface area contributed by atoms with Crippen molar-refractivity contribution in [3.8, 4) is 0 Å². The molecule has 1 nitrogen and oxygen atoms in total. The van der Waals surface area contributed by atoms with E-state index in [1.54, 1.807) is 18.9 Å². The van der Waals surface area contributed by atoms with Crippen LogP contribution in [0.5, 0.6) is 0 Å². The third-order valence-corrected chi connectivity index (χ3v) is 2.46. The molecule has 0 saturated heterocycles. The van der Waals surface area contributed by atoms with Gasteiger partial charge in [-0.25, -0.2) is 0 Å². The van der Waals surface area contributed by atoms with E-state index >= 15 is 0 Å². The van der Waals surface area contributed by atoms with Crippen molar-refractivity contribution in [2.75, 3.05) is 7.11 Å². The zero-order valence-corrected chi connectivity index (χ0v) is 5.94. The van der Waals surface area contributed by atoms with E-state index in [-0.39, 0.29) is 0 Å². The van der Waals surface area contributed by atoms with Gasteiger partial charge in [0.2, 0.25) is 0 Å². The molecule has 8 heavy (non-hydrogen) atoms. The van der Waals surface area contributed by atoms with Gasteiger partial charge in [0.1, 0.15) is 5.44 Å². The maximum Gasteiger partial charge on any atom is 0.112 e. The number of hydrogen-bond acceptors (Lipinski definition) is 2. The van der Waals surface area contributed by atoms with Crippen LogP contribution in [-0.4, -0.2) is 12.5 Å². The summed E-state index contributed by atoms with van der Waals surface area (Å²) in [6, 6.07) is 0. The van der Waals surface area contributed by atoms with E-state index < -0.39 is 0 Å². The Morgan fingerprint density at radius 1 is 1.62 bits per heavy atom. The van der Waals surface area contributed by atoms with Gasteiger partial charge in [0.25, 0.3) is 0 Å². The van der Waals surface area contributed by atoms with Gasteiger partial charge in [-0.1, -0.05) is 13.0 Å². The molecular weight excluding hydrogens is 120 g/mol. The first-order valence-electron chi connectivity index (χ1n) is 2.69. The minimum absolute atomic E-state index is 0.370. The third-order valence-electron chi connectivity index (χ3n) is 1.26. The average Bonchev–Trinajstić information content (AvgIpc) is 2.14. The molecule has 2 unspecified atom stereocenters. The zero-order chi connectivity index (χ0) is 5.98. The molecule has 0 aromatic heterocycles. The van der Waals surface area contributed by atoms with E-state index in [2.05, 4.69) is 18.4 Å². The van der Waals surface area contributed by atoms with E-state index in [1.807, 2.05) is 0 Å². The highest BCUT2D eigenvalue weighted by Gasteiger charge is 2.17. The lowest BCUT2D eigenvalue weighted by Gasteiger charge is -2.10. The van der Waals surface area contributed by atoms with Crippen LogP contribution in [0.1, 0.15) is 6.92 Å². The molecule has 0 saturated carbocycles. The van der Waals surface area contributed by atoms with E-state index in [1.165, 1.54) is 0 Å². The second kappa shape index (κ2) is 2.55. The average molecular weight is 130 g/mol. The molecule has 0 amide bonds. The highest BCUT2D eigenvalue weighted by atomic mass is 32.2. The van der Waals surface area contributed by atoms with Crippen LogP contribution in [0.2, 0.25) is 0 Å². The fourth-order valence-electron chi connectivity index (χ4n) is 0.732. The molecular formula is C6H10OS. The molecule has 1 heterocycles. The van der Waals surface area contributed by atoms with Crippen LogP contribution in [0.4, 0.5) is 0 Å². The van der Waals surface area contributed by atoms with Crippen LogP contribution in [0.3, 0.4) is 0 Å². The number of methoxy groups -OCH3 is 1. The summed E-state index contributed by atoms with van der Waals surface area (Å²) < 4.78 is 5.12. The Balaban J connectivity index is 2.38. The van der Waals surface area contributed by atoms with Crippen molar-refractivity contribution in [2.24, 2.45) is 5.92 Å². The van der Waals surface area contributed by atoms with Crippen LogP contribution in [0, 0.1) is 5.92 Å². The Bertz CT molecular complexity index is 101. The second-order valence-corrected chi connectivity index (χ2v) is 2.94.